The van der Waals surface area contributed by atoms with Gasteiger partial charge in [0.05, 0.1) is 17.3 Å². The summed E-state index contributed by atoms with van der Waals surface area (Å²) >= 11 is 3.41. The molecule has 0 unspecified atom stereocenters. The Kier molecular flexibility index (Phi) is 4.84. The van der Waals surface area contributed by atoms with Crippen LogP contribution in [0.2, 0.25) is 0 Å². The quantitative estimate of drug-likeness (QED) is 0.873. The van der Waals surface area contributed by atoms with Gasteiger partial charge in [0.2, 0.25) is 0 Å². The Labute approximate surface area is 126 Å². The third kappa shape index (κ3) is 3.87. The molecule has 0 bridgehead atoms. The fraction of sp³-hybridized carbons (Fsp3) is 0.267. The number of halogens is 1. The van der Waals surface area contributed by atoms with E-state index in [9.17, 15) is 4.79 Å². The molecule has 0 aliphatic heterocycles. The lowest BCUT2D eigenvalue weighted by Gasteiger charge is -2.09. The number of carbonyl (C=O) groups is 1. The largest absolute Gasteiger partial charge is 0.466 e. The van der Waals surface area contributed by atoms with Gasteiger partial charge in [-0.05, 0) is 60.1 Å². The Bertz CT molecular complexity index is 576. The van der Waals surface area contributed by atoms with Crippen LogP contribution in [0.15, 0.2) is 45.5 Å². The van der Waals surface area contributed by atoms with Crippen LogP contribution in [0.5, 0.6) is 0 Å². The Morgan fingerprint density at radius 2 is 1.95 bits per heavy atom. The highest BCUT2D eigenvalue weighted by atomic mass is 79.9. The van der Waals surface area contributed by atoms with Gasteiger partial charge in [-0.15, -0.1) is 0 Å². The van der Waals surface area contributed by atoms with E-state index in [1.807, 2.05) is 32.0 Å². The van der Waals surface area contributed by atoms with Crippen molar-refractivity contribution in [2.24, 2.45) is 0 Å². The zero-order chi connectivity index (χ0) is 14.5. The maximum Gasteiger partial charge on any atom is 0.251 e. The van der Waals surface area contributed by atoms with Crippen molar-refractivity contribution in [3.05, 3.63) is 52.4 Å². The lowest BCUT2D eigenvalue weighted by atomic mass is 10.2. The predicted molar refractivity (Wildman–Crippen MR) is 82.8 cm³/mol. The van der Waals surface area contributed by atoms with E-state index in [-0.39, 0.29) is 11.9 Å². The van der Waals surface area contributed by atoms with Gasteiger partial charge in [0.15, 0.2) is 0 Å². The van der Waals surface area contributed by atoms with E-state index < -0.39 is 0 Å². The summed E-state index contributed by atoms with van der Waals surface area (Å²) < 4.78 is 6.26. The Morgan fingerprint density at radius 1 is 1.25 bits per heavy atom. The number of benzene rings is 1. The Hall–Kier alpha value is -1.75. The van der Waals surface area contributed by atoms with Crippen molar-refractivity contribution in [3.63, 3.8) is 0 Å². The number of nitrogens with one attached hydrogen (secondary N) is 2. The zero-order valence-electron chi connectivity index (χ0n) is 11.4. The van der Waals surface area contributed by atoms with E-state index in [1.165, 1.54) is 0 Å². The molecule has 20 heavy (non-hydrogen) atoms. The van der Waals surface area contributed by atoms with Gasteiger partial charge in [0, 0.05) is 17.3 Å². The van der Waals surface area contributed by atoms with Crippen LogP contribution in [0.4, 0.5) is 5.69 Å². The van der Waals surface area contributed by atoms with Gasteiger partial charge in [0.1, 0.15) is 5.76 Å². The summed E-state index contributed by atoms with van der Waals surface area (Å²) in [6, 6.07) is 9.36. The maximum absolute atomic E-state index is 11.8. The molecular formula is C15H17BrN2O2. The van der Waals surface area contributed by atoms with Crippen LogP contribution < -0.4 is 10.6 Å². The summed E-state index contributed by atoms with van der Waals surface area (Å²) in [4.78, 5) is 11.8. The molecule has 0 saturated heterocycles. The van der Waals surface area contributed by atoms with Crippen LogP contribution in [0.3, 0.4) is 0 Å². The summed E-state index contributed by atoms with van der Waals surface area (Å²) in [7, 11) is 0. The minimum absolute atomic E-state index is 0.0553. The fourth-order valence-electron chi connectivity index (χ4n) is 1.72. The standard InChI is InChI=1S/C15H17BrN2O2/c1-10(2)18-15(19)11-3-5-12(6-4-11)17-9-14-13(16)7-8-20-14/h3-8,10,17H,9H2,1-2H3,(H,18,19). The summed E-state index contributed by atoms with van der Waals surface area (Å²) in [5, 5.41) is 6.10. The van der Waals surface area contributed by atoms with Crippen molar-refractivity contribution in [2.45, 2.75) is 26.4 Å². The van der Waals surface area contributed by atoms with Crippen LogP contribution in [-0.4, -0.2) is 11.9 Å². The summed E-state index contributed by atoms with van der Waals surface area (Å²) in [6.45, 7) is 4.47. The number of furan rings is 1. The van der Waals surface area contributed by atoms with Crippen LogP contribution in [-0.2, 0) is 6.54 Å². The SMILES string of the molecule is CC(C)NC(=O)c1ccc(NCc2occc2Br)cc1. The van der Waals surface area contributed by atoms with Crippen LogP contribution >= 0.6 is 15.9 Å². The van der Waals surface area contributed by atoms with Crippen molar-refractivity contribution in [1.82, 2.24) is 5.32 Å². The highest BCUT2D eigenvalue weighted by Crippen LogP contribution is 2.19. The van der Waals surface area contributed by atoms with E-state index >= 15 is 0 Å². The molecule has 0 spiro atoms. The smallest absolute Gasteiger partial charge is 0.251 e. The Morgan fingerprint density at radius 3 is 2.50 bits per heavy atom. The minimum Gasteiger partial charge on any atom is -0.466 e. The van der Waals surface area contributed by atoms with Gasteiger partial charge in [-0.2, -0.15) is 0 Å². The van der Waals surface area contributed by atoms with Gasteiger partial charge < -0.3 is 15.1 Å². The predicted octanol–water partition coefficient (Wildman–Crippen LogP) is 3.79. The molecule has 106 valence electrons. The van der Waals surface area contributed by atoms with Crippen LogP contribution in [0, 0.1) is 0 Å². The molecule has 1 aromatic heterocycles. The average molecular weight is 337 g/mol. The zero-order valence-corrected chi connectivity index (χ0v) is 13.0. The maximum atomic E-state index is 11.8. The molecule has 1 aromatic carbocycles. The molecule has 1 amide bonds. The second kappa shape index (κ2) is 6.61. The molecule has 4 nitrogen and oxygen atoms in total. The van der Waals surface area contributed by atoms with Crippen LogP contribution in [0.1, 0.15) is 30.0 Å². The van der Waals surface area contributed by atoms with Crippen molar-refractivity contribution in [1.29, 1.82) is 0 Å². The number of hydrogen-bond donors (Lipinski definition) is 2. The lowest BCUT2D eigenvalue weighted by Crippen LogP contribution is -2.29. The molecule has 0 atom stereocenters. The lowest BCUT2D eigenvalue weighted by molar-refractivity contribution is 0.0943. The second-order valence-corrected chi connectivity index (χ2v) is 5.61. The fourth-order valence-corrected chi connectivity index (χ4v) is 2.06. The van der Waals surface area contributed by atoms with Gasteiger partial charge in [-0.3, -0.25) is 4.79 Å². The first kappa shape index (κ1) is 14.7. The second-order valence-electron chi connectivity index (χ2n) is 4.75. The third-order valence-corrected chi connectivity index (χ3v) is 3.42. The molecular weight excluding hydrogens is 320 g/mol. The molecule has 0 radical (unpaired) electrons. The van der Waals surface area contributed by atoms with E-state index in [0.29, 0.717) is 12.1 Å². The first-order chi connectivity index (χ1) is 9.56. The van der Waals surface area contributed by atoms with Gasteiger partial charge >= 0.3 is 0 Å². The van der Waals surface area contributed by atoms with E-state index in [0.717, 1.165) is 15.9 Å². The molecule has 2 rings (SSSR count). The molecule has 2 aromatic rings. The number of anilines is 1. The molecule has 1 heterocycles. The molecule has 0 aliphatic rings. The highest BCUT2D eigenvalue weighted by Gasteiger charge is 2.07. The summed E-state index contributed by atoms with van der Waals surface area (Å²) in [5.41, 5.74) is 1.60. The highest BCUT2D eigenvalue weighted by molar-refractivity contribution is 9.10. The van der Waals surface area contributed by atoms with E-state index in [1.54, 1.807) is 18.4 Å². The minimum atomic E-state index is -0.0553. The first-order valence-electron chi connectivity index (χ1n) is 6.43. The molecule has 0 aliphatic carbocycles. The molecule has 0 saturated carbocycles. The van der Waals surface area contributed by atoms with Crippen molar-refractivity contribution >= 4 is 27.5 Å². The topological polar surface area (TPSA) is 54.3 Å². The summed E-state index contributed by atoms with van der Waals surface area (Å²) in [6.07, 6.45) is 1.64. The number of rotatable bonds is 5. The number of amides is 1. The summed E-state index contributed by atoms with van der Waals surface area (Å²) in [5.74, 6) is 0.784. The van der Waals surface area contributed by atoms with Crippen LogP contribution in [0.25, 0.3) is 0 Å². The monoisotopic (exact) mass is 336 g/mol. The Balaban J connectivity index is 1.95. The van der Waals surface area contributed by atoms with E-state index in [2.05, 4.69) is 26.6 Å². The number of hydrogen-bond acceptors (Lipinski definition) is 3. The first-order valence-corrected chi connectivity index (χ1v) is 7.22. The third-order valence-electron chi connectivity index (χ3n) is 2.71. The van der Waals surface area contributed by atoms with Gasteiger partial charge in [-0.25, -0.2) is 0 Å². The van der Waals surface area contributed by atoms with Crippen molar-refractivity contribution in [3.8, 4) is 0 Å². The molecule has 5 heteroatoms. The van der Waals surface area contributed by atoms with Crippen molar-refractivity contribution < 1.29 is 9.21 Å². The normalized spacial score (nSPS) is 10.6. The van der Waals surface area contributed by atoms with Gasteiger partial charge in [0.25, 0.3) is 5.91 Å². The molecule has 2 N–H and O–H groups in total. The average Bonchev–Trinajstić information content (AvgIpc) is 2.82. The van der Waals surface area contributed by atoms with Crippen molar-refractivity contribution in [2.75, 3.05) is 5.32 Å². The van der Waals surface area contributed by atoms with E-state index in [4.69, 9.17) is 4.42 Å². The number of carbonyl (C=O) groups excluding carboxylic acids is 1. The molecule has 0 fully saturated rings. The van der Waals surface area contributed by atoms with Gasteiger partial charge in [-0.1, -0.05) is 0 Å².